The summed E-state index contributed by atoms with van der Waals surface area (Å²) in [6.45, 7) is 0. The Bertz CT molecular complexity index is 277. The van der Waals surface area contributed by atoms with Crippen LogP contribution in [0.3, 0.4) is 0 Å². The molecule has 0 amide bonds. The van der Waals surface area contributed by atoms with Crippen molar-refractivity contribution in [1.29, 1.82) is 0 Å². The van der Waals surface area contributed by atoms with Gasteiger partial charge < -0.3 is 4.79 Å². The molecule has 1 heterocycles. The van der Waals surface area contributed by atoms with Crippen molar-refractivity contribution in [3.05, 3.63) is 21.9 Å². The summed E-state index contributed by atoms with van der Waals surface area (Å²) in [5.74, 6) is 0. The van der Waals surface area contributed by atoms with E-state index < -0.39 is 0 Å². The van der Waals surface area contributed by atoms with Gasteiger partial charge in [0.05, 0.1) is 0 Å². The van der Waals surface area contributed by atoms with E-state index in [4.69, 9.17) is 23.2 Å². The maximum absolute atomic E-state index is 10.1. The molecule has 0 aliphatic rings. The lowest BCUT2D eigenvalue weighted by Crippen LogP contribution is -1.92. The number of aromatic nitrogens is 2. The molecule has 0 unspecified atom stereocenters. The molecule has 0 aromatic carbocycles. The molecule has 0 saturated carbocycles. The molecular formula is C6H4Cl2N2O. The van der Waals surface area contributed by atoms with Gasteiger partial charge in [0.2, 0.25) is 0 Å². The van der Waals surface area contributed by atoms with Crippen molar-refractivity contribution in [2.45, 2.75) is 6.42 Å². The molecular weight excluding hydrogens is 187 g/mol. The molecule has 58 valence electrons. The Balaban J connectivity index is 3.01. The van der Waals surface area contributed by atoms with Crippen LogP contribution < -0.4 is 0 Å². The van der Waals surface area contributed by atoms with E-state index in [0.29, 0.717) is 5.56 Å². The summed E-state index contributed by atoms with van der Waals surface area (Å²) in [6.07, 6.45) is 0.952. The molecule has 0 N–H and O–H groups in total. The van der Waals surface area contributed by atoms with Crippen molar-refractivity contribution in [2.75, 3.05) is 0 Å². The average Bonchev–Trinajstić information content (AvgIpc) is 1.98. The summed E-state index contributed by atoms with van der Waals surface area (Å²) in [5, 5.41) is 7.48. The SMILES string of the molecule is O=CCc1cc(Cl)nnc1Cl. The topological polar surface area (TPSA) is 42.9 Å². The summed E-state index contributed by atoms with van der Waals surface area (Å²) in [7, 11) is 0. The zero-order valence-electron chi connectivity index (χ0n) is 5.42. The third kappa shape index (κ3) is 2.13. The third-order valence-electron chi connectivity index (χ3n) is 1.09. The Labute approximate surface area is 73.3 Å². The number of hydrogen-bond donors (Lipinski definition) is 0. The normalized spacial score (nSPS) is 9.64. The maximum Gasteiger partial charge on any atom is 0.155 e. The van der Waals surface area contributed by atoms with E-state index in [-0.39, 0.29) is 16.7 Å². The van der Waals surface area contributed by atoms with Crippen molar-refractivity contribution < 1.29 is 4.79 Å². The van der Waals surface area contributed by atoms with Crippen LogP contribution >= 0.6 is 23.2 Å². The van der Waals surface area contributed by atoms with Gasteiger partial charge in [0, 0.05) is 12.0 Å². The van der Waals surface area contributed by atoms with Gasteiger partial charge in [-0.1, -0.05) is 23.2 Å². The van der Waals surface area contributed by atoms with Gasteiger partial charge in [0.15, 0.2) is 10.3 Å². The van der Waals surface area contributed by atoms with Crippen LogP contribution in [0.2, 0.25) is 10.3 Å². The minimum absolute atomic E-state index is 0.216. The minimum Gasteiger partial charge on any atom is -0.303 e. The van der Waals surface area contributed by atoms with E-state index >= 15 is 0 Å². The fourth-order valence-corrected chi connectivity index (χ4v) is 0.960. The van der Waals surface area contributed by atoms with E-state index in [1.165, 1.54) is 6.07 Å². The maximum atomic E-state index is 10.1. The Morgan fingerprint density at radius 2 is 2.18 bits per heavy atom. The number of carbonyl (C=O) groups excluding carboxylic acids is 1. The standard InChI is InChI=1S/C6H4Cl2N2O/c7-5-3-4(1-2-11)6(8)10-9-5/h2-3H,1H2. The summed E-state index contributed by atoms with van der Waals surface area (Å²) < 4.78 is 0. The van der Waals surface area contributed by atoms with Crippen molar-refractivity contribution in [2.24, 2.45) is 0 Å². The molecule has 0 aliphatic carbocycles. The van der Waals surface area contributed by atoms with E-state index in [1.54, 1.807) is 0 Å². The zero-order valence-corrected chi connectivity index (χ0v) is 6.93. The Kier molecular flexibility index (Phi) is 2.79. The van der Waals surface area contributed by atoms with Gasteiger partial charge in [-0.25, -0.2) is 0 Å². The predicted octanol–water partition coefficient (Wildman–Crippen LogP) is 1.52. The summed E-state index contributed by atoms with van der Waals surface area (Å²) >= 11 is 11.1. The van der Waals surface area contributed by atoms with Gasteiger partial charge in [-0.3, -0.25) is 0 Å². The summed E-state index contributed by atoms with van der Waals surface area (Å²) in [5.41, 5.74) is 0.599. The second-order valence-corrected chi connectivity index (χ2v) is 2.60. The van der Waals surface area contributed by atoms with Crippen molar-refractivity contribution >= 4 is 29.5 Å². The second kappa shape index (κ2) is 3.64. The molecule has 0 aliphatic heterocycles. The molecule has 1 aromatic heterocycles. The number of nitrogens with zero attached hydrogens (tertiary/aromatic N) is 2. The van der Waals surface area contributed by atoms with Crippen LogP contribution in [-0.2, 0) is 11.2 Å². The van der Waals surface area contributed by atoms with E-state index in [0.717, 1.165) is 6.29 Å². The highest BCUT2D eigenvalue weighted by Crippen LogP contribution is 2.14. The first kappa shape index (κ1) is 8.43. The monoisotopic (exact) mass is 190 g/mol. The first-order chi connectivity index (χ1) is 5.24. The average molecular weight is 191 g/mol. The molecule has 11 heavy (non-hydrogen) atoms. The smallest absolute Gasteiger partial charge is 0.155 e. The highest BCUT2D eigenvalue weighted by molar-refractivity contribution is 6.31. The zero-order chi connectivity index (χ0) is 8.27. The van der Waals surface area contributed by atoms with Gasteiger partial charge in [-0.05, 0) is 6.07 Å². The largest absolute Gasteiger partial charge is 0.303 e. The lowest BCUT2D eigenvalue weighted by Gasteiger charge is -1.96. The lowest BCUT2D eigenvalue weighted by atomic mass is 10.2. The lowest BCUT2D eigenvalue weighted by molar-refractivity contribution is -0.107. The number of hydrogen-bond acceptors (Lipinski definition) is 3. The van der Waals surface area contributed by atoms with Crippen LogP contribution in [0.25, 0.3) is 0 Å². The fourth-order valence-electron chi connectivity index (χ4n) is 0.621. The van der Waals surface area contributed by atoms with Gasteiger partial charge in [0.1, 0.15) is 6.29 Å². The van der Waals surface area contributed by atoms with Gasteiger partial charge >= 0.3 is 0 Å². The molecule has 5 heteroatoms. The highest BCUT2D eigenvalue weighted by Gasteiger charge is 2.02. The number of rotatable bonds is 2. The third-order valence-corrected chi connectivity index (χ3v) is 1.60. The van der Waals surface area contributed by atoms with Crippen LogP contribution in [-0.4, -0.2) is 16.5 Å². The molecule has 1 rings (SSSR count). The van der Waals surface area contributed by atoms with E-state index in [1.807, 2.05) is 0 Å². The first-order valence-electron chi connectivity index (χ1n) is 2.85. The first-order valence-corrected chi connectivity index (χ1v) is 3.61. The Hall–Kier alpha value is -0.670. The molecule has 0 radical (unpaired) electrons. The van der Waals surface area contributed by atoms with Crippen LogP contribution in [0, 0.1) is 0 Å². The fraction of sp³-hybridized carbons (Fsp3) is 0.167. The van der Waals surface area contributed by atoms with Crippen molar-refractivity contribution in [1.82, 2.24) is 10.2 Å². The van der Waals surface area contributed by atoms with E-state index in [2.05, 4.69) is 10.2 Å². The Morgan fingerprint density at radius 1 is 1.45 bits per heavy atom. The quantitative estimate of drug-likeness (QED) is 0.665. The molecule has 3 nitrogen and oxygen atoms in total. The van der Waals surface area contributed by atoms with Crippen LogP contribution in [0.4, 0.5) is 0 Å². The van der Waals surface area contributed by atoms with Crippen molar-refractivity contribution in [3.63, 3.8) is 0 Å². The van der Waals surface area contributed by atoms with Crippen LogP contribution in [0.15, 0.2) is 6.07 Å². The summed E-state index contributed by atoms with van der Waals surface area (Å²) in [4.78, 5) is 10.1. The summed E-state index contributed by atoms with van der Waals surface area (Å²) in [6, 6.07) is 1.52. The predicted molar refractivity (Wildman–Crippen MR) is 41.8 cm³/mol. The molecule has 0 atom stereocenters. The molecule has 0 spiro atoms. The second-order valence-electron chi connectivity index (χ2n) is 1.85. The number of carbonyl (C=O) groups is 1. The number of halogens is 2. The van der Waals surface area contributed by atoms with Gasteiger partial charge in [0.25, 0.3) is 0 Å². The molecule has 1 aromatic rings. The molecule has 0 fully saturated rings. The van der Waals surface area contributed by atoms with Crippen molar-refractivity contribution in [3.8, 4) is 0 Å². The van der Waals surface area contributed by atoms with E-state index in [9.17, 15) is 4.79 Å². The van der Waals surface area contributed by atoms with Crippen LogP contribution in [0.5, 0.6) is 0 Å². The van der Waals surface area contributed by atoms with Gasteiger partial charge in [-0.15, -0.1) is 10.2 Å². The van der Waals surface area contributed by atoms with Crippen LogP contribution in [0.1, 0.15) is 5.56 Å². The minimum atomic E-state index is 0.216. The van der Waals surface area contributed by atoms with Gasteiger partial charge in [-0.2, -0.15) is 0 Å². The highest BCUT2D eigenvalue weighted by atomic mass is 35.5. The molecule has 0 saturated heterocycles. The Morgan fingerprint density at radius 3 is 2.82 bits per heavy atom. The number of aldehydes is 1. The molecule has 0 bridgehead atoms.